The van der Waals surface area contributed by atoms with Gasteiger partial charge in [0.15, 0.2) is 0 Å². The van der Waals surface area contributed by atoms with Crippen LogP contribution in [0, 0.1) is 6.92 Å². The van der Waals surface area contributed by atoms with Crippen LogP contribution in [0.4, 0.5) is 0 Å². The van der Waals surface area contributed by atoms with Gasteiger partial charge in [-0.15, -0.1) is 11.3 Å². The number of aromatic carboxylic acids is 1. The summed E-state index contributed by atoms with van der Waals surface area (Å²) in [6, 6.07) is 25.9. The molecule has 0 bridgehead atoms. The van der Waals surface area contributed by atoms with E-state index in [1.807, 2.05) is 36.4 Å². The molecule has 0 saturated carbocycles. The lowest BCUT2D eigenvalue weighted by Gasteiger charge is -2.14. The van der Waals surface area contributed by atoms with Gasteiger partial charge in [-0.1, -0.05) is 79.7 Å². The first kappa shape index (κ1) is 28.7. The average Bonchev–Trinajstić information content (AvgIpc) is 3.46. The van der Waals surface area contributed by atoms with Crippen LogP contribution >= 0.6 is 11.3 Å². The van der Waals surface area contributed by atoms with Crippen molar-refractivity contribution >= 4 is 28.6 Å². The summed E-state index contributed by atoms with van der Waals surface area (Å²) >= 11 is 1.76. The summed E-state index contributed by atoms with van der Waals surface area (Å²) in [6.07, 6.45) is 0.987. The molecule has 0 aliphatic heterocycles. The molecule has 0 amide bonds. The molecule has 2 N–H and O–H groups in total. The molecule has 1 heterocycles. The van der Waals surface area contributed by atoms with E-state index in [1.165, 1.54) is 32.7 Å². The Bertz CT molecular complexity index is 1410. The number of allylic oxidation sites excluding steroid dienone is 2. The molecule has 196 valence electrons. The summed E-state index contributed by atoms with van der Waals surface area (Å²) in [6.45, 7) is 15.8. The molecule has 0 spiro atoms. The predicted octanol–water partition coefficient (Wildman–Crippen LogP) is 9.24. The Morgan fingerprint density at radius 3 is 2.24 bits per heavy atom. The zero-order valence-corrected chi connectivity index (χ0v) is 23.8. The van der Waals surface area contributed by atoms with E-state index in [9.17, 15) is 4.79 Å². The largest absolute Gasteiger partial charge is 0.478 e. The molecule has 0 fully saturated rings. The van der Waals surface area contributed by atoms with Gasteiger partial charge in [-0.2, -0.15) is 0 Å². The SMILES string of the molecule is C=C(NCc1cccs1)c1ccc(C)c(C(C)=C(C)C)c1.CCc1ccc(-c2ccccc2C(=O)O)cc1. The van der Waals surface area contributed by atoms with Gasteiger partial charge in [0, 0.05) is 17.1 Å². The van der Waals surface area contributed by atoms with Crippen molar-refractivity contribution in [2.45, 2.75) is 47.6 Å². The molecule has 0 aliphatic rings. The number of carboxylic acids is 1. The third kappa shape index (κ3) is 7.56. The summed E-state index contributed by atoms with van der Waals surface area (Å²) in [4.78, 5) is 12.4. The first-order valence-corrected chi connectivity index (χ1v) is 13.7. The molecule has 3 aromatic carbocycles. The predicted molar refractivity (Wildman–Crippen MR) is 164 cm³/mol. The smallest absolute Gasteiger partial charge is 0.336 e. The lowest BCUT2D eigenvalue weighted by atomic mass is 9.95. The van der Waals surface area contributed by atoms with Crippen molar-refractivity contribution in [2.24, 2.45) is 0 Å². The Morgan fingerprint density at radius 1 is 0.921 bits per heavy atom. The lowest BCUT2D eigenvalue weighted by molar-refractivity contribution is 0.0697. The van der Waals surface area contributed by atoms with E-state index >= 15 is 0 Å². The van der Waals surface area contributed by atoms with Crippen LogP contribution in [0.3, 0.4) is 0 Å². The van der Waals surface area contributed by atoms with Gasteiger partial charge >= 0.3 is 5.97 Å². The number of carboxylic acid groups (broad SMARTS) is 1. The third-order valence-corrected chi connectivity index (χ3v) is 7.50. The number of hydrogen-bond donors (Lipinski definition) is 2. The van der Waals surface area contributed by atoms with Crippen LogP contribution in [-0.4, -0.2) is 11.1 Å². The van der Waals surface area contributed by atoms with Crippen molar-refractivity contribution in [3.8, 4) is 11.1 Å². The molecular weight excluding hydrogens is 486 g/mol. The van der Waals surface area contributed by atoms with Gasteiger partial charge in [0.25, 0.3) is 0 Å². The van der Waals surface area contributed by atoms with E-state index in [1.54, 1.807) is 23.5 Å². The van der Waals surface area contributed by atoms with Crippen molar-refractivity contribution in [3.63, 3.8) is 0 Å². The summed E-state index contributed by atoms with van der Waals surface area (Å²) in [5.74, 6) is -0.889. The van der Waals surface area contributed by atoms with E-state index in [-0.39, 0.29) is 0 Å². The fraction of sp³-hybridized carbons (Fsp3) is 0.206. The minimum atomic E-state index is -0.889. The standard InChI is InChI=1S/C19H23NS.C15H14O2/c1-13(2)15(4)19-11-17(9-8-14(19)3)16(5)20-12-18-7-6-10-21-18;1-2-11-7-9-12(10-8-11)13-5-3-4-6-14(13)15(16)17/h6-11,20H,5,12H2,1-4H3;3-10H,2H2,1H3,(H,16,17). The fourth-order valence-corrected chi connectivity index (χ4v) is 4.68. The third-order valence-electron chi connectivity index (χ3n) is 6.63. The molecule has 4 aromatic rings. The second kappa shape index (κ2) is 13.6. The second-order valence-corrected chi connectivity index (χ2v) is 10.5. The summed E-state index contributed by atoms with van der Waals surface area (Å²) in [5.41, 5.74) is 10.8. The van der Waals surface area contributed by atoms with Gasteiger partial charge < -0.3 is 10.4 Å². The van der Waals surface area contributed by atoms with Gasteiger partial charge in [-0.05, 0) is 96.6 Å². The number of thiophene rings is 1. The van der Waals surface area contributed by atoms with E-state index in [0.717, 1.165) is 35.4 Å². The van der Waals surface area contributed by atoms with Crippen molar-refractivity contribution in [2.75, 3.05) is 0 Å². The highest BCUT2D eigenvalue weighted by atomic mass is 32.1. The molecule has 0 aliphatic carbocycles. The van der Waals surface area contributed by atoms with Crippen LogP contribution in [0.2, 0.25) is 0 Å². The molecule has 0 saturated heterocycles. The Balaban J connectivity index is 0.000000215. The van der Waals surface area contributed by atoms with E-state index in [0.29, 0.717) is 5.56 Å². The number of nitrogens with one attached hydrogen (secondary N) is 1. The van der Waals surface area contributed by atoms with Crippen molar-refractivity contribution < 1.29 is 9.90 Å². The molecule has 0 atom stereocenters. The molecule has 38 heavy (non-hydrogen) atoms. The summed E-state index contributed by atoms with van der Waals surface area (Å²) in [5, 5.41) is 14.6. The van der Waals surface area contributed by atoms with Gasteiger partial charge in [-0.25, -0.2) is 4.79 Å². The van der Waals surface area contributed by atoms with Crippen LogP contribution in [0.15, 0.2) is 96.4 Å². The van der Waals surface area contributed by atoms with Gasteiger partial charge in [0.1, 0.15) is 0 Å². The van der Waals surface area contributed by atoms with Crippen molar-refractivity contribution in [3.05, 3.63) is 129 Å². The molecule has 4 heteroatoms. The first-order chi connectivity index (χ1) is 18.2. The van der Waals surface area contributed by atoms with Gasteiger partial charge in [0.2, 0.25) is 0 Å². The van der Waals surface area contributed by atoms with Crippen LogP contribution in [0.1, 0.15) is 65.2 Å². The zero-order valence-electron chi connectivity index (χ0n) is 23.0. The minimum Gasteiger partial charge on any atom is -0.478 e. The normalized spacial score (nSPS) is 10.2. The van der Waals surface area contributed by atoms with E-state index in [4.69, 9.17) is 5.11 Å². The molecule has 3 nitrogen and oxygen atoms in total. The number of hydrogen-bond acceptors (Lipinski definition) is 3. The Labute approximate surface area is 231 Å². The van der Waals surface area contributed by atoms with Crippen LogP contribution < -0.4 is 5.32 Å². The number of rotatable bonds is 8. The quantitative estimate of drug-likeness (QED) is 0.242. The highest BCUT2D eigenvalue weighted by Gasteiger charge is 2.10. The van der Waals surface area contributed by atoms with E-state index < -0.39 is 5.97 Å². The number of aryl methyl sites for hydroxylation is 2. The monoisotopic (exact) mass is 523 g/mol. The lowest BCUT2D eigenvalue weighted by Crippen LogP contribution is -2.10. The fourth-order valence-electron chi connectivity index (χ4n) is 4.03. The van der Waals surface area contributed by atoms with Gasteiger partial charge in [0.05, 0.1) is 5.56 Å². The topological polar surface area (TPSA) is 49.3 Å². The van der Waals surface area contributed by atoms with Crippen LogP contribution in [-0.2, 0) is 13.0 Å². The van der Waals surface area contributed by atoms with Crippen molar-refractivity contribution in [1.29, 1.82) is 0 Å². The highest BCUT2D eigenvalue weighted by Crippen LogP contribution is 2.26. The molecule has 0 unspecified atom stereocenters. The van der Waals surface area contributed by atoms with Crippen molar-refractivity contribution in [1.82, 2.24) is 5.32 Å². The number of carbonyl (C=O) groups is 1. The van der Waals surface area contributed by atoms with Gasteiger partial charge in [-0.3, -0.25) is 0 Å². The van der Waals surface area contributed by atoms with E-state index in [2.05, 4.69) is 82.2 Å². The Hall–Kier alpha value is -3.89. The molecule has 1 aromatic heterocycles. The second-order valence-electron chi connectivity index (χ2n) is 9.47. The number of benzene rings is 3. The highest BCUT2D eigenvalue weighted by molar-refractivity contribution is 7.09. The molecule has 4 rings (SSSR count). The minimum absolute atomic E-state index is 0.344. The Kier molecular flexibility index (Phi) is 10.3. The Morgan fingerprint density at radius 2 is 1.63 bits per heavy atom. The van der Waals surface area contributed by atoms with Crippen LogP contribution in [0.5, 0.6) is 0 Å². The average molecular weight is 524 g/mol. The summed E-state index contributed by atoms with van der Waals surface area (Å²) < 4.78 is 0. The summed E-state index contributed by atoms with van der Waals surface area (Å²) in [7, 11) is 0. The molecule has 0 radical (unpaired) electrons. The maximum Gasteiger partial charge on any atom is 0.336 e. The maximum atomic E-state index is 11.1. The maximum absolute atomic E-state index is 11.1. The van der Waals surface area contributed by atoms with Crippen LogP contribution in [0.25, 0.3) is 22.4 Å². The molecular formula is C34H37NO2S. The first-order valence-electron chi connectivity index (χ1n) is 12.8. The zero-order chi connectivity index (χ0) is 27.7.